The van der Waals surface area contributed by atoms with E-state index in [0.29, 0.717) is 48.2 Å². The second kappa shape index (κ2) is 10.6. The summed E-state index contributed by atoms with van der Waals surface area (Å²) in [6.45, 7) is 3.49. The molecule has 4 heterocycles. The maximum atomic E-state index is 12.2. The van der Waals surface area contributed by atoms with Crippen LogP contribution in [0.25, 0.3) is 22.6 Å². The van der Waals surface area contributed by atoms with Crippen LogP contribution in [0.4, 0.5) is 11.8 Å². The minimum Gasteiger partial charge on any atom is -0.467 e. The second-order valence-corrected chi connectivity index (χ2v) is 8.68. The SMILES string of the molecule is COC(=O)C1COCCN1c1cccc(Cn2cc(-c3cc(-c4cccc(C#N)c4C)nc(N)n3)nn2)n1. The Labute approximate surface area is 218 Å². The summed E-state index contributed by atoms with van der Waals surface area (Å²) in [7, 11) is 1.36. The van der Waals surface area contributed by atoms with Crippen LogP contribution >= 0.6 is 0 Å². The Kier molecular flexibility index (Phi) is 6.92. The van der Waals surface area contributed by atoms with Gasteiger partial charge in [0.15, 0.2) is 6.04 Å². The molecular weight excluding hydrogens is 486 g/mol. The number of morpholine rings is 1. The van der Waals surface area contributed by atoms with Crippen molar-refractivity contribution in [3.63, 3.8) is 0 Å². The molecule has 1 aliphatic rings. The molecule has 2 N–H and O–H groups in total. The molecule has 38 heavy (non-hydrogen) atoms. The van der Waals surface area contributed by atoms with Gasteiger partial charge in [0.25, 0.3) is 0 Å². The molecule has 4 aromatic rings. The Hall–Kier alpha value is -4.89. The van der Waals surface area contributed by atoms with E-state index in [1.54, 1.807) is 29.1 Å². The predicted octanol–water partition coefficient (Wildman–Crippen LogP) is 1.99. The number of methoxy groups -OCH3 is 1. The lowest BCUT2D eigenvalue weighted by Gasteiger charge is -2.34. The van der Waals surface area contributed by atoms with Crippen molar-refractivity contribution in [2.24, 2.45) is 0 Å². The number of nitrogen functional groups attached to an aromatic ring is 1. The standard InChI is InChI=1S/C26H25N9O3/c1-16-17(12-27)5-3-7-19(16)20-11-21(31-26(28)30-20)22-14-34(33-32-22)13-18-6-4-8-24(29-18)35-9-10-38-15-23(35)25(36)37-2/h3-8,11,14,23H,9-10,13,15H2,1-2H3,(H2,28,30,31). The van der Waals surface area contributed by atoms with E-state index < -0.39 is 6.04 Å². The molecule has 1 aliphatic heterocycles. The summed E-state index contributed by atoms with van der Waals surface area (Å²) in [6, 6.07) is 14.5. The number of hydrogen-bond donors (Lipinski definition) is 1. The molecule has 192 valence electrons. The van der Waals surface area contributed by atoms with Crippen LogP contribution in [-0.2, 0) is 20.8 Å². The average Bonchev–Trinajstić information content (AvgIpc) is 3.41. The minimum absolute atomic E-state index is 0.0915. The Balaban J connectivity index is 1.39. The van der Waals surface area contributed by atoms with Gasteiger partial charge in [-0.1, -0.05) is 23.4 Å². The number of ether oxygens (including phenoxy) is 2. The Morgan fingerprint density at radius 3 is 2.82 bits per heavy atom. The molecule has 5 rings (SSSR count). The highest BCUT2D eigenvalue weighted by Gasteiger charge is 2.31. The van der Waals surface area contributed by atoms with Gasteiger partial charge in [0.2, 0.25) is 5.95 Å². The number of aromatic nitrogens is 6. The lowest BCUT2D eigenvalue weighted by Crippen LogP contribution is -2.51. The summed E-state index contributed by atoms with van der Waals surface area (Å²) in [5, 5.41) is 17.9. The van der Waals surface area contributed by atoms with E-state index >= 15 is 0 Å². The van der Waals surface area contributed by atoms with Crippen LogP contribution < -0.4 is 10.6 Å². The first-order chi connectivity index (χ1) is 18.5. The molecular formula is C26H25N9O3. The van der Waals surface area contributed by atoms with Crippen molar-refractivity contribution in [2.45, 2.75) is 19.5 Å². The largest absolute Gasteiger partial charge is 0.467 e. The van der Waals surface area contributed by atoms with Gasteiger partial charge in [-0.15, -0.1) is 5.10 Å². The number of carbonyl (C=O) groups excluding carboxylic acids is 1. The third-order valence-electron chi connectivity index (χ3n) is 6.29. The van der Waals surface area contributed by atoms with Gasteiger partial charge in [-0.3, -0.25) is 0 Å². The van der Waals surface area contributed by atoms with E-state index in [0.717, 1.165) is 16.8 Å². The topological polar surface area (TPSA) is 158 Å². The Bertz CT molecular complexity index is 1530. The lowest BCUT2D eigenvalue weighted by molar-refractivity contribution is -0.144. The summed E-state index contributed by atoms with van der Waals surface area (Å²) in [4.78, 5) is 27.6. The first-order valence-electron chi connectivity index (χ1n) is 11.9. The van der Waals surface area contributed by atoms with Crippen molar-refractivity contribution >= 4 is 17.7 Å². The van der Waals surface area contributed by atoms with Crippen molar-refractivity contribution in [1.82, 2.24) is 29.9 Å². The normalized spacial score (nSPS) is 15.2. The van der Waals surface area contributed by atoms with Gasteiger partial charge in [-0.2, -0.15) is 5.26 Å². The van der Waals surface area contributed by atoms with Crippen molar-refractivity contribution in [3.8, 4) is 28.7 Å². The van der Waals surface area contributed by atoms with Crippen molar-refractivity contribution < 1.29 is 14.3 Å². The highest BCUT2D eigenvalue weighted by Crippen LogP contribution is 2.27. The van der Waals surface area contributed by atoms with Crippen LogP contribution in [0.1, 0.15) is 16.8 Å². The van der Waals surface area contributed by atoms with Crippen molar-refractivity contribution in [1.29, 1.82) is 5.26 Å². The van der Waals surface area contributed by atoms with E-state index in [4.69, 9.17) is 20.2 Å². The molecule has 12 nitrogen and oxygen atoms in total. The molecule has 0 bridgehead atoms. The van der Waals surface area contributed by atoms with E-state index in [9.17, 15) is 10.1 Å². The number of anilines is 2. The molecule has 1 aromatic carbocycles. The van der Waals surface area contributed by atoms with Gasteiger partial charge in [0.1, 0.15) is 11.5 Å². The van der Waals surface area contributed by atoms with Gasteiger partial charge < -0.3 is 20.1 Å². The van der Waals surface area contributed by atoms with E-state index in [-0.39, 0.29) is 18.5 Å². The van der Waals surface area contributed by atoms with E-state index in [1.165, 1.54) is 7.11 Å². The molecule has 3 aromatic heterocycles. The molecule has 12 heteroatoms. The molecule has 1 unspecified atom stereocenters. The third-order valence-corrected chi connectivity index (χ3v) is 6.29. The first kappa shape index (κ1) is 24.8. The smallest absolute Gasteiger partial charge is 0.330 e. The summed E-state index contributed by atoms with van der Waals surface area (Å²) in [5.74, 6) is 0.384. The lowest BCUT2D eigenvalue weighted by atomic mass is 10.00. The van der Waals surface area contributed by atoms with E-state index in [2.05, 4.69) is 26.3 Å². The molecule has 0 amide bonds. The van der Waals surface area contributed by atoms with Gasteiger partial charge >= 0.3 is 5.97 Å². The van der Waals surface area contributed by atoms with Gasteiger partial charge in [-0.25, -0.2) is 24.4 Å². The molecule has 1 saturated heterocycles. The molecule has 0 radical (unpaired) electrons. The minimum atomic E-state index is -0.551. The molecule has 1 atom stereocenters. The summed E-state index contributed by atoms with van der Waals surface area (Å²) in [6.07, 6.45) is 1.75. The van der Waals surface area contributed by atoms with Crippen LogP contribution in [0.3, 0.4) is 0 Å². The number of pyridine rings is 1. The highest BCUT2D eigenvalue weighted by molar-refractivity contribution is 5.80. The number of nitriles is 1. The summed E-state index contributed by atoms with van der Waals surface area (Å²) in [5.41, 5.74) is 10.5. The number of rotatable bonds is 6. The van der Waals surface area contributed by atoms with Crippen LogP contribution in [0, 0.1) is 18.3 Å². The summed E-state index contributed by atoms with van der Waals surface area (Å²) < 4.78 is 12.0. The number of benzene rings is 1. The number of hydrogen-bond acceptors (Lipinski definition) is 11. The Morgan fingerprint density at radius 2 is 2.00 bits per heavy atom. The summed E-state index contributed by atoms with van der Waals surface area (Å²) >= 11 is 0. The zero-order valence-electron chi connectivity index (χ0n) is 20.9. The van der Waals surface area contributed by atoms with Crippen LogP contribution in [-0.4, -0.2) is 68.8 Å². The molecule has 0 aliphatic carbocycles. The van der Waals surface area contributed by atoms with Crippen LogP contribution in [0.15, 0.2) is 48.7 Å². The molecule has 1 fully saturated rings. The fourth-order valence-corrected chi connectivity index (χ4v) is 4.35. The highest BCUT2D eigenvalue weighted by atomic mass is 16.5. The Morgan fingerprint density at radius 1 is 1.18 bits per heavy atom. The zero-order valence-corrected chi connectivity index (χ0v) is 20.9. The predicted molar refractivity (Wildman–Crippen MR) is 138 cm³/mol. The van der Waals surface area contributed by atoms with E-state index in [1.807, 2.05) is 36.1 Å². The average molecular weight is 512 g/mol. The fraction of sp³-hybridized carbons (Fsp3) is 0.269. The second-order valence-electron chi connectivity index (χ2n) is 8.68. The van der Waals surface area contributed by atoms with Crippen LogP contribution in [0.2, 0.25) is 0 Å². The quantitative estimate of drug-likeness (QED) is 0.377. The molecule has 0 spiro atoms. The van der Waals surface area contributed by atoms with Crippen molar-refractivity contribution in [3.05, 3.63) is 65.5 Å². The van der Waals surface area contributed by atoms with Crippen molar-refractivity contribution in [2.75, 3.05) is 37.5 Å². The maximum absolute atomic E-state index is 12.2. The monoisotopic (exact) mass is 511 g/mol. The molecule has 0 saturated carbocycles. The van der Waals surface area contributed by atoms with Crippen LogP contribution in [0.5, 0.6) is 0 Å². The fourth-order valence-electron chi connectivity index (χ4n) is 4.35. The first-order valence-corrected chi connectivity index (χ1v) is 11.9. The number of nitrogens with two attached hydrogens (primary N) is 1. The van der Waals surface area contributed by atoms with Gasteiger partial charge in [0.05, 0.1) is 61.8 Å². The maximum Gasteiger partial charge on any atom is 0.330 e. The number of esters is 1. The number of carbonyl (C=O) groups is 1. The zero-order chi connectivity index (χ0) is 26.6. The van der Waals surface area contributed by atoms with Gasteiger partial charge in [0, 0.05) is 12.1 Å². The number of nitrogens with zero attached hydrogens (tertiary/aromatic N) is 8. The van der Waals surface area contributed by atoms with Gasteiger partial charge in [-0.05, 0) is 36.8 Å². The third kappa shape index (κ3) is 5.00.